The summed E-state index contributed by atoms with van der Waals surface area (Å²) >= 11 is 0. The highest BCUT2D eigenvalue weighted by atomic mass is 19.1. The fraction of sp³-hybridized carbons (Fsp3) is 0.286. The second-order valence-electron chi connectivity index (χ2n) is 4.31. The van der Waals surface area contributed by atoms with Gasteiger partial charge in [-0.05, 0) is 19.1 Å². The number of para-hydroxylation sites is 1. The van der Waals surface area contributed by atoms with Gasteiger partial charge in [0.25, 0.3) is 0 Å². The van der Waals surface area contributed by atoms with Crippen LogP contribution in [-0.4, -0.2) is 29.0 Å². The lowest BCUT2D eigenvalue weighted by Gasteiger charge is -2.06. The third kappa shape index (κ3) is 1.93. The maximum absolute atomic E-state index is 13.9. The number of aromatic nitrogens is 2. The zero-order valence-corrected chi connectivity index (χ0v) is 10.9. The smallest absolute Gasteiger partial charge is 0.359 e. The van der Waals surface area contributed by atoms with E-state index in [1.807, 2.05) is 0 Å². The average molecular weight is 276 g/mol. The molecule has 0 saturated carbocycles. The minimum atomic E-state index is -0.510. The topological polar surface area (TPSA) is 53.3 Å². The predicted molar refractivity (Wildman–Crippen MR) is 68.7 cm³/mol. The van der Waals surface area contributed by atoms with Crippen molar-refractivity contribution >= 4 is 5.97 Å². The first kappa shape index (κ1) is 12.7. The summed E-state index contributed by atoms with van der Waals surface area (Å²) < 4.78 is 25.6. The summed E-state index contributed by atoms with van der Waals surface area (Å²) in [4.78, 5) is 11.9. The second-order valence-corrected chi connectivity index (χ2v) is 4.31. The van der Waals surface area contributed by atoms with Crippen LogP contribution >= 0.6 is 0 Å². The third-order valence-electron chi connectivity index (χ3n) is 3.08. The lowest BCUT2D eigenvalue weighted by molar-refractivity contribution is 0.0517. The molecule has 1 aromatic carbocycles. The number of carbonyl (C=O) groups is 1. The summed E-state index contributed by atoms with van der Waals surface area (Å²) in [6.07, 6.45) is 0.567. The van der Waals surface area contributed by atoms with Crippen LogP contribution < -0.4 is 4.74 Å². The van der Waals surface area contributed by atoms with Gasteiger partial charge < -0.3 is 9.47 Å². The highest BCUT2D eigenvalue weighted by molar-refractivity contribution is 5.90. The van der Waals surface area contributed by atoms with E-state index in [0.717, 1.165) is 0 Å². The molecule has 0 N–H and O–H groups in total. The Hall–Kier alpha value is -2.37. The van der Waals surface area contributed by atoms with Crippen molar-refractivity contribution in [3.8, 4) is 11.6 Å². The number of hydrogen-bond acceptors (Lipinski definition) is 4. The number of halogens is 1. The van der Waals surface area contributed by atoms with E-state index in [1.54, 1.807) is 25.1 Å². The first-order chi connectivity index (χ1) is 9.72. The van der Waals surface area contributed by atoms with Gasteiger partial charge in [0.1, 0.15) is 11.5 Å². The maximum atomic E-state index is 13.9. The predicted octanol–water partition coefficient (Wildman–Crippen LogP) is 2.12. The molecule has 3 rings (SSSR count). The van der Waals surface area contributed by atoms with Gasteiger partial charge in [0.15, 0.2) is 5.69 Å². The minimum Gasteiger partial charge on any atom is -0.477 e. The first-order valence-corrected chi connectivity index (χ1v) is 6.39. The highest BCUT2D eigenvalue weighted by Gasteiger charge is 2.30. The van der Waals surface area contributed by atoms with E-state index in [-0.39, 0.29) is 18.0 Å². The van der Waals surface area contributed by atoms with Crippen LogP contribution in [0, 0.1) is 5.82 Å². The molecule has 2 aromatic rings. The second kappa shape index (κ2) is 4.96. The fourth-order valence-corrected chi connectivity index (χ4v) is 2.21. The molecule has 1 aromatic heterocycles. The Balaban J connectivity index is 2.12. The summed E-state index contributed by atoms with van der Waals surface area (Å²) in [7, 11) is 0. The number of benzene rings is 1. The van der Waals surface area contributed by atoms with Crippen molar-refractivity contribution in [2.75, 3.05) is 13.2 Å². The van der Waals surface area contributed by atoms with Gasteiger partial charge in [0, 0.05) is 6.42 Å². The molecule has 2 heterocycles. The van der Waals surface area contributed by atoms with Crippen LogP contribution in [0.3, 0.4) is 0 Å². The van der Waals surface area contributed by atoms with Gasteiger partial charge in [0.05, 0.1) is 18.8 Å². The van der Waals surface area contributed by atoms with E-state index in [9.17, 15) is 9.18 Å². The van der Waals surface area contributed by atoms with Crippen molar-refractivity contribution in [2.24, 2.45) is 0 Å². The molecule has 0 amide bonds. The number of esters is 1. The zero-order valence-electron chi connectivity index (χ0n) is 10.9. The molecule has 0 radical (unpaired) electrons. The van der Waals surface area contributed by atoms with Gasteiger partial charge in [-0.2, -0.15) is 9.78 Å². The Morgan fingerprint density at radius 1 is 1.50 bits per heavy atom. The molecule has 0 spiro atoms. The largest absolute Gasteiger partial charge is 0.477 e. The summed E-state index contributed by atoms with van der Waals surface area (Å²) in [6.45, 7) is 2.44. The Bertz CT molecular complexity index is 666. The molecule has 5 nitrogen and oxygen atoms in total. The molecule has 0 fully saturated rings. The average Bonchev–Trinajstić information content (AvgIpc) is 3.01. The quantitative estimate of drug-likeness (QED) is 0.806. The molecule has 0 aliphatic carbocycles. The number of hydrogen-bond donors (Lipinski definition) is 0. The monoisotopic (exact) mass is 276 g/mol. The van der Waals surface area contributed by atoms with Crippen molar-refractivity contribution in [2.45, 2.75) is 13.3 Å². The SMILES string of the molecule is CCOC(=O)c1nn(-c2ccccc2F)c2c1CCO2. The third-order valence-corrected chi connectivity index (χ3v) is 3.08. The van der Waals surface area contributed by atoms with Crippen molar-refractivity contribution in [1.82, 2.24) is 9.78 Å². The van der Waals surface area contributed by atoms with Gasteiger partial charge in [-0.3, -0.25) is 0 Å². The first-order valence-electron chi connectivity index (χ1n) is 6.39. The van der Waals surface area contributed by atoms with Gasteiger partial charge >= 0.3 is 5.97 Å². The van der Waals surface area contributed by atoms with Crippen molar-refractivity contribution in [3.63, 3.8) is 0 Å². The van der Waals surface area contributed by atoms with Gasteiger partial charge in [-0.15, -0.1) is 0 Å². The van der Waals surface area contributed by atoms with Gasteiger partial charge in [0.2, 0.25) is 5.88 Å². The Kier molecular flexibility index (Phi) is 3.14. The van der Waals surface area contributed by atoms with Crippen molar-refractivity contribution in [3.05, 3.63) is 41.3 Å². The van der Waals surface area contributed by atoms with Gasteiger partial charge in [-0.1, -0.05) is 12.1 Å². The summed E-state index contributed by atoms with van der Waals surface area (Å²) in [5.41, 5.74) is 1.12. The van der Waals surface area contributed by atoms with Gasteiger partial charge in [-0.25, -0.2) is 9.18 Å². The lowest BCUT2D eigenvalue weighted by Crippen LogP contribution is -2.10. The molecular weight excluding hydrogens is 263 g/mol. The number of nitrogens with zero attached hydrogens (tertiary/aromatic N) is 2. The number of carbonyl (C=O) groups excluding carboxylic acids is 1. The van der Waals surface area contributed by atoms with Crippen molar-refractivity contribution < 1.29 is 18.7 Å². The Morgan fingerprint density at radius 3 is 3.05 bits per heavy atom. The molecule has 0 saturated heterocycles. The molecule has 0 unspecified atom stereocenters. The molecular formula is C14H13FN2O3. The van der Waals surface area contributed by atoms with E-state index in [0.29, 0.717) is 24.5 Å². The number of rotatable bonds is 3. The number of ether oxygens (including phenoxy) is 2. The molecule has 20 heavy (non-hydrogen) atoms. The van der Waals surface area contributed by atoms with Crippen LogP contribution in [0.15, 0.2) is 24.3 Å². The summed E-state index contributed by atoms with van der Waals surface area (Å²) in [6, 6.07) is 6.21. The van der Waals surface area contributed by atoms with E-state index < -0.39 is 11.8 Å². The number of fused-ring (bicyclic) bond motifs is 1. The molecule has 0 atom stereocenters. The van der Waals surface area contributed by atoms with E-state index in [4.69, 9.17) is 9.47 Å². The minimum absolute atomic E-state index is 0.197. The van der Waals surface area contributed by atoms with Crippen LogP contribution in [0.4, 0.5) is 4.39 Å². The molecule has 1 aliphatic rings. The van der Waals surface area contributed by atoms with E-state index in [1.165, 1.54) is 10.7 Å². The Morgan fingerprint density at radius 2 is 2.30 bits per heavy atom. The van der Waals surface area contributed by atoms with Crippen LogP contribution in [-0.2, 0) is 11.2 Å². The molecule has 6 heteroatoms. The van der Waals surface area contributed by atoms with Crippen LogP contribution in [0.25, 0.3) is 5.69 Å². The molecule has 1 aliphatic heterocycles. The van der Waals surface area contributed by atoms with Crippen LogP contribution in [0.5, 0.6) is 5.88 Å². The lowest BCUT2D eigenvalue weighted by atomic mass is 10.2. The van der Waals surface area contributed by atoms with Crippen molar-refractivity contribution in [1.29, 1.82) is 0 Å². The highest BCUT2D eigenvalue weighted by Crippen LogP contribution is 2.32. The summed E-state index contributed by atoms with van der Waals surface area (Å²) in [5.74, 6) is -0.522. The normalized spacial score (nSPS) is 12.9. The van der Waals surface area contributed by atoms with E-state index in [2.05, 4.69) is 5.10 Å². The molecule has 104 valence electrons. The fourth-order valence-electron chi connectivity index (χ4n) is 2.21. The van der Waals surface area contributed by atoms with E-state index >= 15 is 0 Å². The van der Waals surface area contributed by atoms with Crippen LogP contribution in [0.2, 0.25) is 0 Å². The molecule has 0 bridgehead atoms. The van der Waals surface area contributed by atoms with Crippen LogP contribution in [0.1, 0.15) is 23.0 Å². The standard InChI is InChI=1S/C14H13FN2O3/c1-2-19-14(18)12-9-7-8-20-13(9)17(16-12)11-6-4-3-5-10(11)15/h3-6H,2,7-8H2,1H3. The summed E-state index contributed by atoms with van der Waals surface area (Å²) in [5, 5.41) is 4.16. The zero-order chi connectivity index (χ0) is 14.1. The maximum Gasteiger partial charge on any atom is 0.359 e. The Labute approximate surface area is 114 Å².